The molecule has 13 heavy (non-hydrogen) atoms. The fraction of sp³-hybridized carbons (Fsp3) is 0.429. The summed E-state index contributed by atoms with van der Waals surface area (Å²) in [5.41, 5.74) is -0.338. The fourth-order valence-electron chi connectivity index (χ4n) is 1.05. The lowest BCUT2D eigenvalue weighted by molar-refractivity contribution is 0.0689. The Kier molecular flexibility index (Phi) is 2.86. The number of carbonyl (C=O) groups is 1. The van der Waals surface area contributed by atoms with E-state index in [0.717, 1.165) is 0 Å². The minimum atomic E-state index is -1.17. The second kappa shape index (κ2) is 3.90. The van der Waals surface area contributed by atoms with Gasteiger partial charge in [-0.3, -0.25) is 4.98 Å². The van der Waals surface area contributed by atoms with Gasteiger partial charge in [0.15, 0.2) is 0 Å². The number of hydrogen-bond acceptors (Lipinski definition) is 3. The van der Waals surface area contributed by atoms with Crippen molar-refractivity contribution in [2.45, 2.75) is 12.8 Å². The number of aromatic nitrogens is 2. The topological polar surface area (TPSA) is 106 Å². The number of aryl methyl sites for hydroxylation is 1. The van der Waals surface area contributed by atoms with Crippen molar-refractivity contribution in [2.75, 3.05) is 6.61 Å². The Morgan fingerprint density at radius 3 is 2.62 bits per heavy atom. The van der Waals surface area contributed by atoms with Crippen molar-refractivity contribution in [3.8, 4) is 0 Å². The molecule has 0 atom stereocenters. The van der Waals surface area contributed by atoms with Crippen LogP contribution in [0.5, 0.6) is 0 Å². The van der Waals surface area contributed by atoms with Crippen molar-refractivity contribution in [3.05, 3.63) is 21.9 Å². The molecule has 0 unspecified atom stereocenters. The van der Waals surface area contributed by atoms with Crippen LogP contribution in [0.2, 0.25) is 0 Å². The molecule has 0 amide bonds. The number of aromatic carboxylic acids is 1. The van der Waals surface area contributed by atoms with E-state index in [1.54, 1.807) is 0 Å². The molecule has 0 bridgehead atoms. The summed E-state index contributed by atoms with van der Waals surface area (Å²) in [6.07, 6.45) is 0.769. The first-order valence-electron chi connectivity index (χ1n) is 3.80. The smallest absolute Gasteiger partial charge is 0.354 e. The molecule has 0 spiro atoms. The van der Waals surface area contributed by atoms with Crippen molar-refractivity contribution in [1.29, 1.82) is 0 Å². The largest absolute Gasteiger partial charge is 0.477 e. The van der Waals surface area contributed by atoms with Gasteiger partial charge in [0.25, 0.3) is 0 Å². The molecule has 0 aliphatic carbocycles. The maximum atomic E-state index is 10.7. The van der Waals surface area contributed by atoms with Crippen molar-refractivity contribution < 1.29 is 15.0 Å². The van der Waals surface area contributed by atoms with E-state index in [0.29, 0.717) is 18.5 Å². The van der Waals surface area contributed by atoms with Crippen LogP contribution in [0, 0.1) is 0 Å². The SMILES string of the molecule is O=C(O)c1[nH]c(=O)[nH]c1CCCO. The van der Waals surface area contributed by atoms with E-state index in [4.69, 9.17) is 10.2 Å². The van der Waals surface area contributed by atoms with Gasteiger partial charge in [0.2, 0.25) is 0 Å². The van der Waals surface area contributed by atoms with Crippen LogP contribution in [0.15, 0.2) is 4.79 Å². The Morgan fingerprint density at radius 1 is 1.38 bits per heavy atom. The average molecular weight is 186 g/mol. The Hall–Kier alpha value is -1.56. The number of rotatable bonds is 4. The molecular formula is C7H10N2O4. The maximum Gasteiger partial charge on any atom is 0.354 e. The van der Waals surface area contributed by atoms with E-state index in [-0.39, 0.29) is 12.3 Å². The molecule has 6 nitrogen and oxygen atoms in total. The molecular weight excluding hydrogens is 176 g/mol. The van der Waals surface area contributed by atoms with Gasteiger partial charge in [-0.15, -0.1) is 0 Å². The van der Waals surface area contributed by atoms with Crippen LogP contribution in [-0.4, -0.2) is 32.8 Å². The van der Waals surface area contributed by atoms with Gasteiger partial charge >= 0.3 is 11.7 Å². The Balaban J connectivity index is 2.91. The average Bonchev–Trinajstić information content (AvgIpc) is 2.43. The number of aliphatic hydroxyl groups excluding tert-OH is 1. The lowest BCUT2D eigenvalue weighted by atomic mass is 10.2. The number of hydrogen-bond donors (Lipinski definition) is 4. The lowest BCUT2D eigenvalue weighted by Crippen LogP contribution is -2.04. The summed E-state index contributed by atoms with van der Waals surface area (Å²) in [6, 6.07) is 0. The van der Waals surface area contributed by atoms with E-state index in [1.165, 1.54) is 0 Å². The number of aliphatic hydroxyl groups is 1. The summed E-state index contributed by atoms with van der Waals surface area (Å²) in [5.74, 6) is -1.17. The monoisotopic (exact) mass is 186 g/mol. The van der Waals surface area contributed by atoms with Gasteiger partial charge in [-0.25, -0.2) is 9.59 Å². The zero-order chi connectivity index (χ0) is 9.84. The number of carboxylic acids is 1. The summed E-state index contributed by atoms with van der Waals surface area (Å²) in [6.45, 7) is -0.0354. The van der Waals surface area contributed by atoms with Gasteiger partial charge in [0, 0.05) is 6.61 Å². The standard InChI is InChI=1S/C7H10N2O4/c10-3-1-2-4-5(6(11)12)9-7(13)8-4/h10H,1-3H2,(H,11,12)(H2,8,9,13). The zero-order valence-corrected chi connectivity index (χ0v) is 6.83. The predicted octanol–water partition coefficient (Wildman–Crippen LogP) is -0.674. The summed E-state index contributed by atoms with van der Waals surface area (Å²) >= 11 is 0. The molecule has 0 saturated heterocycles. The predicted molar refractivity (Wildman–Crippen MR) is 43.8 cm³/mol. The molecule has 0 aliphatic heterocycles. The Bertz CT molecular complexity index is 352. The third kappa shape index (κ3) is 2.19. The van der Waals surface area contributed by atoms with Crippen LogP contribution in [0.1, 0.15) is 22.6 Å². The van der Waals surface area contributed by atoms with Gasteiger partial charge in [-0.1, -0.05) is 0 Å². The molecule has 4 N–H and O–H groups in total. The van der Waals surface area contributed by atoms with Gasteiger partial charge in [0.05, 0.1) is 5.69 Å². The highest BCUT2D eigenvalue weighted by Crippen LogP contribution is 2.02. The van der Waals surface area contributed by atoms with Crippen LogP contribution < -0.4 is 5.69 Å². The molecule has 0 fully saturated rings. The number of carboxylic acid groups (broad SMARTS) is 1. The number of imidazole rings is 1. The third-order valence-electron chi connectivity index (χ3n) is 1.60. The highest BCUT2D eigenvalue weighted by molar-refractivity contribution is 5.86. The van der Waals surface area contributed by atoms with E-state index in [1.807, 2.05) is 0 Å². The van der Waals surface area contributed by atoms with Crippen LogP contribution in [0.3, 0.4) is 0 Å². The Morgan fingerprint density at radius 2 is 2.08 bits per heavy atom. The third-order valence-corrected chi connectivity index (χ3v) is 1.60. The second-order valence-corrected chi connectivity index (χ2v) is 2.56. The summed E-state index contributed by atoms with van der Waals surface area (Å²) in [5, 5.41) is 17.1. The number of H-pyrrole nitrogens is 2. The van der Waals surface area contributed by atoms with Crippen molar-refractivity contribution in [3.63, 3.8) is 0 Å². The highest BCUT2D eigenvalue weighted by atomic mass is 16.4. The molecule has 0 saturated carbocycles. The first kappa shape index (κ1) is 9.53. The molecule has 72 valence electrons. The first-order chi connectivity index (χ1) is 6.15. The van der Waals surface area contributed by atoms with Crippen LogP contribution in [-0.2, 0) is 6.42 Å². The molecule has 1 rings (SSSR count). The van der Waals surface area contributed by atoms with Crippen molar-refractivity contribution in [1.82, 2.24) is 9.97 Å². The van der Waals surface area contributed by atoms with E-state index in [2.05, 4.69) is 9.97 Å². The first-order valence-corrected chi connectivity index (χ1v) is 3.80. The lowest BCUT2D eigenvalue weighted by Gasteiger charge is -1.95. The quantitative estimate of drug-likeness (QED) is 0.500. The molecule has 6 heteroatoms. The molecule has 0 aliphatic rings. The van der Waals surface area contributed by atoms with Crippen molar-refractivity contribution >= 4 is 5.97 Å². The molecule has 0 aromatic carbocycles. The van der Waals surface area contributed by atoms with E-state index in [9.17, 15) is 9.59 Å². The zero-order valence-electron chi connectivity index (χ0n) is 6.83. The van der Waals surface area contributed by atoms with Crippen LogP contribution >= 0.6 is 0 Å². The van der Waals surface area contributed by atoms with Gasteiger partial charge in [-0.05, 0) is 12.8 Å². The van der Waals surface area contributed by atoms with Gasteiger partial charge in [0.1, 0.15) is 5.69 Å². The normalized spacial score (nSPS) is 10.2. The van der Waals surface area contributed by atoms with Crippen molar-refractivity contribution in [2.24, 2.45) is 0 Å². The van der Waals surface area contributed by atoms with Crippen LogP contribution in [0.25, 0.3) is 0 Å². The summed E-state index contributed by atoms with van der Waals surface area (Å²) in [4.78, 5) is 25.8. The van der Waals surface area contributed by atoms with E-state index >= 15 is 0 Å². The molecule has 1 aromatic rings. The highest BCUT2D eigenvalue weighted by Gasteiger charge is 2.12. The van der Waals surface area contributed by atoms with Gasteiger partial charge in [-0.2, -0.15) is 0 Å². The molecule has 0 radical (unpaired) electrons. The molecule has 1 aromatic heterocycles. The molecule has 1 heterocycles. The van der Waals surface area contributed by atoms with Crippen LogP contribution in [0.4, 0.5) is 0 Å². The second-order valence-electron chi connectivity index (χ2n) is 2.56. The number of aromatic amines is 2. The Labute approximate surface area is 73.2 Å². The fourth-order valence-corrected chi connectivity index (χ4v) is 1.05. The summed E-state index contributed by atoms with van der Waals surface area (Å²) in [7, 11) is 0. The van der Waals surface area contributed by atoms with Gasteiger partial charge < -0.3 is 15.2 Å². The minimum Gasteiger partial charge on any atom is -0.477 e. The van der Waals surface area contributed by atoms with E-state index < -0.39 is 11.7 Å². The summed E-state index contributed by atoms with van der Waals surface area (Å²) < 4.78 is 0. The number of nitrogens with one attached hydrogen (secondary N) is 2. The maximum absolute atomic E-state index is 10.7. The minimum absolute atomic E-state index is 0.0354.